The second-order valence-corrected chi connectivity index (χ2v) is 5.72. The third-order valence-corrected chi connectivity index (χ3v) is 4.25. The van der Waals surface area contributed by atoms with E-state index in [4.69, 9.17) is 0 Å². The van der Waals surface area contributed by atoms with Crippen LogP contribution in [0.15, 0.2) is 12.4 Å². The molecule has 0 spiro atoms. The summed E-state index contributed by atoms with van der Waals surface area (Å²) in [6, 6.07) is 0.123. The number of nitrogens with one attached hydrogen (secondary N) is 1. The van der Waals surface area contributed by atoms with Gasteiger partial charge in [-0.3, -0.25) is 4.68 Å². The average Bonchev–Trinajstić information content (AvgIpc) is 2.83. The van der Waals surface area contributed by atoms with Crippen molar-refractivity contribution in [3.05, 3.63) is 29.6 Å². The molecule has 2 aromatic heterocycles. The Morgan fingerprint density at radius 2 is 2.11 bits per heavy atom. The first-order valence-corrected chi connectivity index (χ1v) is 6.89. The van der Waals surface area contributed by atoms with E-state index in [-0.39, 0.29) is 6.04 Å². The lowest BCUT2D eigenvalue weighted by molar-refractivity contribution is 0.446. The van der Waals surface area contributed by atoms with Crippen molar-refractivity contribution < 1.29 is 0 Å². The Labute approximate surface area is 111 Å². The summed E-state index contributed by atoms with van der Waals surface area (Å²) in [4.78, 5) is 0. The number of aromatic nitrogens is 5. The molecular formula is C13H18N6. The van der Waals surface area contributed by atoms with Gasteiger partial charge in [-0.05, 0) is 12.3 Å². The maximum absolute atomic E-state index is 4.44. The van der Waals surface area contributed by atoms with Crippen molar-refractivity contribution in [1.29, 1.82) is 0 Å². The third-order valence-electron chi connectivity index (χ3n) is 4.25. The molecule has 0 saturated heterocycles. The van der Waals surface area contributed by atoms with Crippen LogP contribution < -0.4 is 5.32 Å². The molecule has 1 N–H and O–H groups in total. The Morgan fingerprint density at radius 1 is 1.32 bits per heavy atom. The van der Waals surface area contributed by atoms with Gasteiger partial charge in [0.1, 0.15) is 5.82 Å². The van der Waals surface area contributed by atoms with Gasteiger partial charge < -0.3 is 9.88 Å². The Bertz CT molecular complexity index is 612. The van der Waals surface area contributed by atoms with Crippen molar-refractivity contribution in [2.24, 2.45) is 13.0 Å². The van der Waals surface area contributed by atoms with Gasteiger partial charge in [0.05, 0.1) is 12.2 Å². The molecule has 0 aromatic carbocycles. The van der Waals surface area contributed by atoms with Crippen LogP contribution >= 0.6 is 0 Å². The van der Waals surface area contributed by atoms with Crippen LogP contribution in [0.4, 0.5) is 0 Å². The van der Waals surface area contributed by atoms with Gasteiger partial charge in [-0.2, -0.15) is 5.10 Å². The van der Waals surface area contributed by atoms with E-state index in [1.54, 1.807) is 0 Å². The summed E-state index contributed by atoms with van der Waals surface area (Å²) in [6.07, 6.45) is 5.20. The van der Waals surface area contributed by atoms with E-state index in [0.717, 1.165) is 30.4 Å². The van der Waals surface area contributed by atoms with Gasteiger partial charge in [-0.25, -0.2) is 0 Å². The molecular weight excluding hydrogens is 240 g/mol. The van der Waals surface area contributed by atoms with E-state index in [0.29, 0.717) is 5.92 Å². The number of hydrogen-bond acceptors (Lipinski definition) is 4. The number of aryl methyl sites for hydroxylation is 1. The van der Waals surface area contributed by atoms with E-state index >= 15 is 0 Å². The quantitative estimate of drug-likeness (QED) is 0.866. The first-order chi connectivity index (χ1) is 9.24. The summed E-state index contributed by atoms with van der Waals surface area (Å²) in [5.74, 6) is 3.60. The van der Waals surface area contributed by atoms with E-state index in [1.165, 1.54) is 12.2 Å². The number of hydrogen-bond donors (Lipinski definition) is 1. The fraction of sp³-hybridized carbons (Fsp3) is 0.615. The standard InChI is InChI=1S/C13H18N6/c1-8-5-10(8)12-16-17-13-11(14-3-4-19(12)13)9-6-15-18(2)7-9/h6-8,10-11,14H,3-5H2,1-2H3. The number of nitrogens with zero attached hydrogens (tertiary/aromatic N) is 5. The topological polar surface area (TPSA) is 60.6 Å². The summed E-state index contributed by atoms with van der Waals surface area (Å²) in [7, 11) is 1.94. The van der Waals surface area contributed by atoms with Crippen LogP contribution in [-0.2, 0) is 13.6 Å². The summed E-state index contributed by atoms with van der Waals surface area (Å²) in [6.45, 7) is 4.21. The van der Waals surface area contributed by atoms with Crippen LogP contribution in [0.1, 0.15) is 42.5 Å². The maximum atomic E-state index is 4.44. The average molecular weight is 258 g/mol. The molecule has 100 valence electrons. The molecule has 2 aliphatic rings. The molecule has 19 heavy (non-hydrogen) atoms. The molecule has 1 aliphatic carbocycles. The van der Waals surface area contributed by atoms with Gasteiger partial charge in [-0.15, -0.1) is 10.2 Å². The molecule has 1 fully saturated rings. The molecule has 6 nitrogen and oxygen atoms in total. The maximum Gasteiger partial charge on any atom is 0.154 e. The highest BCUT2D eigenvalue weighted by Crippen LogP contribution is 2.46. The van der Waals surface area contributed by atoms with Gasteiger partial charge in [0.25, 0.3) is 0 Å². The minimum Gasteiger partial charge on any atom is -0.312 e. The van der Waals surface area contributed by atoms with Crippen molar-refractivity contribution in [2.75, 3.05) is 6.54 Å². The lowest BCUT2D eigenvalue weighted by Gasteiger charge is -2.24. The predicted molar refractivity (Wildman–Crippen MR) is 69.6 cm³/mol. The second-order valence-electron chi connectivity index (χ2n) is 5.72. The highest BCUT2D eigenvalue weighted by molar-refractivity contribution is 5.23. The Morgan fingerprint density at radius 3 is 2.79 bits per heavy atom. The van der Waals surface area contributed by atoms with E-state index in [9.17, 15) is 0 Å². The third kappa shape index (κ3) is 1.70. The van der Waals surface area contributed by atoms with Gasteiger partial charge in [-0.1, -0.05) is 6.92 Å². The van der Waals surface area contributed by atoms with Crippen molar-refractivity contribution in [2.45, 2.75) is 31.8 Å². The van der Waals surface area contributed by atoms with Crippen LogP contribution in [0.5, 0.6) is 0 Å². The molecule has 3 atom stereocenters. The zero-order chi connectivity index (χ0) is 13.0. The normalized spacial score (nSPS) is 29.3. The summed E-state index contributed by atoms with van der Waals surface area (Å²) in [5.41, 5.74) is 1.16. The van der Waals surface area contributed by atoms with Crippen molar-refractivity contribution in [1.82, 2.24) is 29.9 Å². The lowest BCUT2D eigenvalue weighted by Crippen LogP contribution is -2.34. The summed E-state index contributed by atoms with van der Waals surface area (Å²) >= 11 is 0. The fourth-order valence-electron chi connectivity index (χ4n) is 2.99. The van der Waals surface area contributed by atoms with Crippen molar-refractivity contribution in [3.8, 4) is 0 Å². The van der Waals surface area contributed by atoms with E-state index in [2.05, 4.69) is 32.1 Å². The van der Waals surface area contributed by atoms with Crippen molar-refractivity contribution >= 4 is 0 Å². The molecule has 1 saturated carbocycles. The summed E-state index contributed by atoms with van der Waals surface area (Å²) in [5, 5.41) is 16.6. The smallest absolute Gasteiger partial charge is 0.154 e. The largest absolute Gasteiger partial charge is 0.312 e. The molecule has 4 rings (SSSR count). The predicted octanol–water partition coefficient (Wildman–Crippen LogP) is 0.828. The molecule has 1 aliphatic heterocycles. The molecule has 0 amide bonds. The fourth-order valence-corrected chi connectivity index (χ4v) is 2.99. The minimum absolute atomic E-state index is 0.123. The molecule has 3 unspecified atom stereocenters. The monoisotopic (exact) mass is 258 g/mol. The second kappa shape index (κ2) is 3.90. The van der Waals surface area contributed by atoms with Crippen molar-refractivity contribution in [3.63, 3.8) is 0 Å². The highest BCUT2D eigenvalue weighted by atomic mass is 15.3. The molecule has 0 bridgehead atoms. The zero-order valence-corrected chi connectivity index (χ0v) is 11.2. The molecule has 3 heterocycles. The SMILES string of the molecule is CC1CC1c1nnc2n1CCNC2c1cnn(C)c1. The Hall–Kier alpha value is -1.69. The molecule has 0 radical (unpaired) electrons. The zero-order valence-electron chi connectivity index (χ0n) is 11.2. The first kappa shape index (κ1) is 11.2. The van der Waals surface area contributed by atoms with Crippen LogP contribution in [0, 0.1) is 5.92 Å². The molecule has 2 aromatic rings. The Kier molecular flexibility index (Phi) is 2.29. The molecule has 6 heteroatoms. The van der Waals surface area contributed by atoms with Gasteiger partial charge in [0, 0.05) is 37.8 Å². The van der Waals surface area contributed by atoms with Crippen LogP contribution in [0.25, 0.3) is 0 Å². The highest BCUT2D eigenvalue weighted by Gasteiger charge is 2.40. The lowest BCUT2D eigenvalue weighted by atomic mass is 10.1. The Balaban J connectivity index is 1.73. The van der Waals surface area contributed by atoms with E-state index < -0.39 is 0 Å². The van der Waals surface area contributed by atoms with E-state index in [1.807, 2.05) is 24.1 Å². The first-order valence-electron chi connectivity index (χ1n) is 6.89. The van der Waals surface area contributed by atoms with Crippen LogP contribution in [-0.4, -0.2) is 31.1 Å². The summed E-state index contributed by atoms with van der Waals surface area (Å²) < 4.78 is 4.14. The van der Waals surface area contributed by atoms with Crippen LogP contribution in [0.3, 0.4) is 0 Å². The number of rotatable bonds is 2. The van der Waals surface area contributed by atoms with Gasteiger partial charge >= 0.3 is 0 Å². The number of fused-ring (bicyclic) bond motifs is 1. The van der Waals surface area contributed by atoms with Gasteiger partial charge in [0.2, 0.25) is 0 Å². The minimum atomic E-state index is 0.123. The van der Waals surface area contributed by atoms with Crippen LogP contribution in [0.2, 0.25) is 0 Å². The van der Waals surface area contributed by atoms with Gasteiger partial charge in [0.15, 0.2) is 5.82 Å².